The van der Waals surface area contributed by atoms with Crippen molar-refractivity contribution >= 4 is 12.0 Å². The van der Waals surface area contributed by atoms with E-state index < -0.39 is 12.0 Å². The van der Waals surface area contributed by atoms with Gasteiger partial charge in [0.1, 0.15) is 11.9 Å². The number of rotatable bonds is 3. The molecule has 0 aromatic heterocycles. The van der Waals surface area contributed by atoms with Crippen LogP contribution in [0.3, 0.4) is 0 Å². The molecular formula is C17H20N2O4. The van der Waals surface area contributed by atoms with E-state index in [-0.39, 0.29) is 17.9 Å². The molecule has 1 atom stereocenters. The highest BCUT2D eigenvalue weighted by Gasteiger charge is 2.33. The number of phenols is 1. The van der Waals surface area contributed by atoms with E-state index in [2.05, 4.69) is 10.6 Å². The van der Waals surface area contributed by atoms with Gasteiger partial charge in [0.25, 0.3) is 0 Å². The van der Waals surface area contributed by atoms with Crippen molar-refractivity contribution in [2.75, 3.05) is 0 Å². The fourth-order valence-electron chi connectivity index (χ4n) is 3.14. The van der Waals surface area contributed by atoms with E-state index in [4.69, 9.17) is 4.74 Å². The molecule has 3 rings (SSSR count). The van der Waals surface area contributed by atoms with Crippen LogP contribution in [-0.4, -0.2) is 23.2 Å². The van der Waals surface area contributed by atoms with Crippen LogP contribution in [0.5, 0.6) is 5.75 Å². The van der Waals surface area contributed by atoms with Gasteiger partial charge in [-0.2, -0.15) is 0 Å². The lowest BCUT2D eigenvalue weighted by molar-refractivity contribution is -0.144. The molecular weight excluding hydrogens is 296 g/mol. The number of phenolic OH excluding ortho intramolecular Hbond substituents is 1. The number of hydrogen-bond acceptors (Lipinski definition) is 4. The van der Waals surface area contributed by atoms with Crippen molar-refractivity contribution in [2.45, 2.75) is 44.8 Å². The Labute approximate surface area is 134 Å². The number of hydrogen-bond donors (Lipinski definition) is 3. The molecule has 0 bridgehead atoms. The van der Waals surface area contributed by atoms with E-state index in [9.17, 15) is 14.7 Å². The Balaban J connectivity index is 1.90. The van der Waals surface area contributed by atoms with Crippen molar-refractivity contribution in [3.8, 4) is 5.75 Å². The van der Waals surface area contributed by atoms with E-state index in [1.54, 1.807) is 25.1 Å². The number of nitrogens with one attached hydrogen (secondary N) is 2. The Hall–Kier alpha value is -2.50. The standard InChI is InChI=1S/C17H20N2O4/c1-10-14(16(21)23-13-7-2-3-8-13)15(19-17(22)18-10)11-5-4-6-12(20)9-11/h4-6,9,13,15,20H,2-3,7-8H2,1H3,(H2,18,19,22)/t15-/m0/s1. The first kappa shape index (κ1) is 15.4. The second-order valence-corrected chi connectivity index (χ2v) is 5.98. The molecule has 1 saturated carbocycles. The van der Waals surface area contributed by atoms with Crippen molar-refractivity contribution in [2.24, 2.45) is 0 Å². The molecule has 1 aromatic carbocycles. The summed E-state index contributed by atoms with van der Waals surface area (Å²) in [5.41, 5.74) is 1.49. The van der Waals surface area contributed by atoms with Crippen LogP contribution in [0.4, 0.5) is 4.79 Å². The Bertz CT molecular complexity index is 662. The zero-order valence-electron chi connectivity index (χ0n) is 13.0. The van der Waals surface area contributed by atoms with E-state index >= 15 is 0 Å². The lowest BCUT2D eigenvalue weighted by atomic mass is 9.95. The highest BCUT2D eigenvalue weighted by atomic mass is 16.5. The third kappa shape index (κ3) is 3.31. The molecule has 1 aliphatic heterocycles. The highest BCUT2D eigenvalue weighted by molar-refractivity contribution is 5.95. The third-order valence-corrected chi connectivity index (χ3v) is 4.27. The van der Waals surface area contributed by atoms with E-state index in [0.717, 1.165) is 25.7 Å². The molecule has 1 aromatic rings. The number of amides is 2. The van der Waals surface area contributed by atoms with Gasteiger partial charge in [0.2, 0.25) is 0 Å². The number of esters is 1. The van der Waals surface area contributed by atoms with Crippen LogP contribution in [0.15, 0.2) is 35.5 Å². The molecule has 0 radical (unpaired) electrons. The summed E-state index contributed by atoms with van der Waals surface area (Å²) in [4.78, 5) is 24.4. The summed E-state index contributed by atoms with van der Waals surface area (Å²) in [6.07, 6.45) is 3.86. The van der Waals surface area contributed by atoms with Crippen LogP contribution in [0.2, 0.25) is 0 Å². The normalized spacial score (nSPS) is 21.8. The predicted molar refractivity (Wildman–Crippen MR) is 83.6 cm³/mol. The van der Waals surface area contributed by atoms with Gasteiger partial charge in [-0.25, -0.2) is 9.59 Å². The van der Waals surface area contributed by atoms with Gasteiger partial charge >= 0.3 is 12.0 Å². The van der Waals surface area contributed by atoms with Crippen molar-refractivity contribution in [1.29, 1.82) is 0 Å². The average Bonchev–Trinajstić information content (AvgIpc) is 2.99. The van der Waals surface area contributed by atoms with Crippen molar-refractivity contribution < 1.29 is 19.4 Å². The maximum atomic E-state index is 12.6. The molecule has 0 unspecified atom stereocenters. The SMILES string of the molecule is CC1=C(C(=O)OC2CCCC2)[C@H](c2cccc(O)c2)NC(=O)N1. The molecule has 3 N–H and O–H groups in total. The van der Waals surface area contributed by atoms with E-state index in [0.29, 0.717) is 16.8 Å². The van der Waals surface area contributed by atoms with Gasteiger partial charge in [0.15, 0.2) is 0 Å². The summed E-state index contributed by atoms with van der Waals surface area (Å²) in [6, 6.07) is 5.49. The summed E-state index contributed by atoms with van der Waals surface area (Å²) in [6.45, 7) is 1.68. The lowest BCUT2D eigenvalue weighted by Crippen LogP contribution is -2.45. The minimum atomic E-state index is -0.634. The van der Waals surface area contributed by atoms with E-state index in [1.165, 1.54) is 6.07 Å². The second kappa shape index (κ2) is 6.32. The Morgan fingerprint density at radius 2 is 2.04 bits per heavy atom. The van der Waals surface area contributed by atoms with Gasteiger partial charge in [-0.1, -0.05) is 12.1 Å². The Morgan fingerprint density at radius 1 is 1.30 bits per heavy atom. The van der Waals surface area contributed by atoms with Crippen LogP contribution < -0.4 is 10.6 Å². The van der Waals surface area contributed by atoms with Crippen LogP contribution in [0, 0.1) is 0 Å². The second-order valence-electron chi connectivity index (χ2n) is 5.98. The molecule has 6 nitrogen and oxygen atoms in total. The monoisotopic (exact) mass is 316 g/mol. The number of carbonyl (C=O) groups is 2. The minimum absolute atomic E-state index is 0.0507. The summed E-state index contributed by atoms with van der Waals surface area (Å²) in [7, 11) is 0. The smallest absolute Gasteiger partial charge is 0.338 e. The molecule has 1 fully saturated rings. The quantitative estimate of drug-likeness (QED) is 0.748. The number of urea groups is 1. The summed E-state index contributed by atoms with van der Waals surface area (Å²) >= 11 is 0. The van der Waals surface area contributed by atoms with Crippen LogP contribution >= 0.6 is 0 Å². The first-order chi connectivity index (χ1) is 11.0. The average molecular weight is 316 g/mol. The van der Waals surface area contributed by atoms with Gasteiger partial charge in [-0.3, -0.25) is 0 Å². The van der Waals surface area contributed by atoms with Crippen molar-refractivity contribution in [3.63, 3.8) is 0 Å². The first-order valence-corrected chi connectivity index (χ1v) is 7.83. The summed E-state index contributed by atoms with van der Waals surface area (Å²) in [5, 5.41) is 15.0. The topological polar surface area (TPSA) is 87.7 Å². The summed E-state index contributed by atoms with van der Waals surface area (Å²) in [5.74, 6) is -0.341. The van der Waals surface area contributed by atoms with Crippen LogP contribution in [0.25, 0.3) is 0 Å². The van der Waals surface area contributed by atoms with Gasteiger partial charge in [0.05, 0.1) is 11.6 Å². The molecule has 122 valence electrons. The molecule has 23 heavy (non-hydrogen) atoms. The maximum Gasteiger partial charge on any atom is 0.338 e. The predicted octanol–water partition coefficient (Wildman–Crippen LogP) is 2.51. The number of allylic oxidation sites excluding steroid dienone is 1. The third-order valence-electron chi connectivity index (χ3n) is 4.27. The van der Waals surface area contributed by atoms with Crippen LogP contribution in [0.1, 0.15) is 44.2 Å². The molecule has 1 aliphatic carbocycles. The Morgan fingerprint density at radius 3 is 2.74 bits per heavy atom. The number of ether oxygens (including phenoxy) is 1. The fraction of sp³-hybridized carbons (Fsp3) is 0.412. The van der Waals surface area contributed by atoms with Crippen LogP contribution in [-0.2, 0) is 9.53 Å². The largest absolute Gasteiger partial charge is 0.508 e. The molecule has 0 spiro atoms. The molecule has 2 amide bonds. The molecule has 2 aliphatic rings. The first-order valence-electron chi connectivity index (χ1n) is 7.83. The zero-order valence-corrected chi connectivity index (χ0v) is 13.0. The molecule has 6 heteroatoms. The number of aromatic hydroxyl groups is 1. The van der Waals surface area contributed by atoms with E-state index in [1.807, 2.05) is 0 Å². The lowest BCUT2D eigenvalue weighted by Gasteiger charge is -2.29. The zero-order chi connectivity index (χ0) is 16.4. The maximum absolute atomic E-state index is 12.6. The van der Waals surface area contributed by atoms with Crippen molar-refractivity contribution in [1.82, 2.24) is 10.6 Å². The minimum Gasteiger partial charge on any atom is -0.508 e. The fourth-order valence-corrected chi connectivity index (χ4v) is 3.14. The molecule has 0 saturated heterocycles. The number of carbonyl (C=O) groups excluding carboxylic acids is 2. The van der Waals surface area contributed by atoms with Gasteiger partial charge in [-0.05, 0) is 50.3 Å². The van der Waals surface area contributed by atoms with Crippen molar-refractivity contribution in [3.05, 3.63) is 41.1 Å². The summed E-state index contributed by atoms with van der Waals surface area (Å²) < 4.78 is 5.59. The van der Waals surface area contributed by atoms with Gasteiger partial charge in [0, 0.05) is 5.70 Å². The number of benzene rings is 1. The highest BCUT2D eigenvalue weighted by Crippen LogP contribution is 2.31. The Kier molecular flexibility index (Phi) is 4.23. The molecule has 1 heterocycles. The van der Waals surface area contributed by atoms with Gasteiger partial charge < -0.3 is 20.5 Å². The van der Waals surface area contributed by atoms with Gasteiger partial charge in [-0.15, -0.1) is 0 Å².